The second-order valence-corrected chi connectivity index (χ2v) is 6.22. The molecule has 1 rings (SSSR count). The lowest BCUT2D eigenvalue weighted by Gasteiger charge is -2.23. The van der Waals surface area contributed by atoms with Crippen LogP contribution < -0.4 is 21.3 Å². The molecule has 23 heavy (non-hydrogen) atoms. The van der Waals surface area contributed by atoms with Crippen LogP contribution in [0.1, 0.15) is 38.1 Å². The Morgan fingerprint density at radius 2 is 1.61 bits per heavy atom. The molecule has 0 saturated heterocycles. The third kappa shape index (κ3) is 6.37. The number of benzene rings is 1. The second kappa shape index (κ2) is 7.62. The van der Waals surface area contributed by atoms with E-state index in [0.717, 1.165) is 0 Å². The zero-order valence-electron chi connectivity index (χ0n) is 14.1. The summed E-state index contributed by atoms with van der Waals surface area (Å²) in [5.41, 5.74) is 0.661. The van der Waals surface area contributed by atoms with Gasteiger partial charge in [0.15, 0.2) is 0 Å². The van der Waals surface area contributed by atoms with Crippen LogP contribution in [0.3, 0.4) is 0 Å². The van der Waals surface area contributed by atoms with Crippen LogP contribution >= 0.6 is 0 Å². The van der Waals surface area contributed by atoms with E-state index < -0.39 is 12.1 Å². The molecule has 7 nitrogen and oxygen atoms in total. The number of rotatable bonds is 4. The lowest BCUT2D eigenvalue weighted by Crippen LogP contribution is -2.51. The predicted molar refractivity (Wildman–Crippen MR) is 89.3 cm³/mol. The molecular weight excluding hydrogens is 296 g/mol. The van der Waals surface area contributed by atoms with Gasteiger partial charge < -0.3 is 21.3 Å². The van der Waals surface area contributed by atoms with Crippen LogP contribution in [-0.2, 0) is 4.79 Å². The van der Waals surface area contributed by atoms with Gasteiger partial charge >= 0.3 is 6.03 Å². The Labute approximate surface area is 136 Å². The van der Waals surface area contributed by atoms with E-state index in [1.54, 1.807) is 38.2 Å². The molecule has 0 radical (unpaired) electrons. The average molecular weight is 320 g/mol. The summed E-state index contributed by atoms with van der Waals surface area (Å²) in [6.07, 6.45) is 0. The minimum atomic E-state index is -0.667. The van der Waals surface area contributed by atoms with Gasteiger partial charge in [-0.2, -0.15) is 0 Å². The molecule has 0 unspecified atom stereocenters. The van der Waals surface area contributed by atoms with Gasteiger partial charge in [0, 0.05) is 23.8 Å². The van der Waals surface area contributed by atoms with Gasteiger partial charge in [-0.3, -0.25) is 9.59 Å². The molecule has 0 aliphatic heterocycles. The monoisotopic (exact) mass is 320 g/mol. The number of urea groups is 1. The Kier molecular flexibility index (Phi) is 6.12. The van der Waals surface area contributed by atoms with E-state index in [4.69, 9.17) is 0 Å². The Bertz CT molecular complexity index is 576. The number of hydrogen-bond donors (Lipinski definition) is 4. The highest BCUT2D eigenvalue weighted by molar-refractivity contribution is 5.96. The van der Waals surface area contributed by atoms with Crippen molar-refractivity contribution < 1.29 is 14.4 Å². The summed E-state index contributed by atoms with van der Waals surface area (Å²) in [6.45, 7) is 7.21. The maximum atomic E-state index is 11.9. The summed E-state index contributed by atoms with van der Waals surface area (Å²) in [5.74, 6) is -0.462. The summed E-state index contributed by atoms with van der Waals surface area (Å²) >= 11 is 0. The molecule has 0 fully saturated rings. The van der Waals surface area contributed by atoms with Crippen molar-refractivity contribution >= 4 is 23.5 Å². The van der Waals surface area contributed by atoms with Crippen molar-refractivity contribution in [3.63, 3.8) is 0 Å². The number of hydrogen-bond acceptors (Lipinski definition) is 3. The molecule has 4 amide bonds. The van der Waals surface area contributed by atoms with Crippen molar-refractivity contribution in [1.82, 2.24) is 16.0 Å². The van der Waals surface area contributed by atoms with Crippen molar-refractivity contribution in [3.8, 4) is 0 Å². The normalized spacial score (nSPS) is 12.0. The zero-order valence-corrected chi connectivity index (χ0v) is 14.1. The van der Waals surface area contributed by atoms with Gasteiger partial charge in [0.05, 0.1) is 0 Å². The molecule has 0 aliphatic rings. The van der Waals surface area contributed by atoms with Gasteiger partial charge in [-0.1, -0.05) is 0 Å². The first kappa shape index (κ1) is 18.5. The zero-order chi connectivity index (χ0) is 17.6. The first-order valence-electron chi connectivity index (χ1n) is 7.34. The van der Waals surface area contributed by atoms with Crippen molar-refractivity contribution in [2.75, 3.05) is 12.4 Å². The highest BCUT2D eigenvalue weighted by Crippen LogP contribution is 2.09. The smallest absolute Gasteiger partial charge is 0.319 e. The van der Waals surface area contributed by atoms with E-state index in [1.165, 1.54) is 0 Å². The molecule has 4 N–H and O–H groups in total. The average Bonchev–Trinajstić information content (AvgIpc) is 2.45. The van der Waals surface area contributed by atoms with Gasteiger partial charge in [0.1, 0.15) is 6.04 Å². The van der Waals surface area contributed by atoms with Gasteiger partial charge in [0.25, 0.3) is 5.91 Å². The second-order valence-electron chi connectivity index (χ2n) is 6.22. The van der Waals surface area contributed by atoms with Crippen LogP contribution in [0.15, 0.2) is 24.3 Å². The molecule has 0 saturated carbocycles. The Morgan fingerprint density at radius 3 is 2.09 bits per heavy atom. The molecule has 0 aliphatic carbocycles. The molecule has 1 aromatic rings. The predicted octanol–water partition coefficient (Wildman–Crippen LogP) is 1.47. The molecule has 0 aromatic heterocycles. The SMILES string of the molecule is CNC(=O)c1ccc(NC(=O)N[C@@H](C)C(=O)NC(C)(C)C)cc1. The van der Waals surface area contributed by atoms with Crippen LogP contribution in [0.5, 0.6) is 0 Å². The maximum Gasteiger partial charge on any atom is 0.319 e. The number of nitrogens with one attached hydrogen (secondary N) is 4. The lowest BCUT2D eigenvalue weighted by atomic mass is 10.1. The van der Waals surface area contributed by atoms with E-state index >= 15 is 0 Å². The van der Waals surface area contributed by atoms with Crippen LogP contribution in [-0.4, -0.2) is 36.5 Å². The summed E-state index contributed by atoms with van der Waals surface area (Å²) < 4.78 is 0. The van der Waals surface area contributed by atoms with Crippen molar-refractivity contribution in [2.24, 2.45) is 0 Å². The fraction of sp³-hybridized carbons (Fsp3) is 0.438. The maximum absolute atomic E-state index is 11.9. The van der Waals surface area contributed by atoms with E-state index in [2.05, 4.69) is 21.3 Å². The van der Waals surface area contributed by atoms with Crippen molar-refractivity contribution in [2.45, 2.75) is 39.3 Å². The fourth-order valence-corrected chi connectivity index (χ4v) is 1.76. The van der Waals surface area contributed by atoms with Crippen molar-refractivity contribution in [3.05, 3.63) is 29.8 Å². The van der Waals surface area contributed by atoms with Gasteiger partial charge in [-0.15, -0.1) is 0 Å². The molecule has 0 bridgehead atoms. The van der Waals surface area contributed by atoms with E-state index in [-0.39, 0.29) is 17.4 Å². The number of amides is 4. The Hall–Kier alpha value is -2.57. The highest BCUT2D eigenvalue weighted by atomic mass is 16.2. The molecule has 1 aromatic carbocycles. The molecule has 126 valence electrons. The fourth-order valence-electron chi connectivity index (χ4n) is 1.76. The first-order chi connectivity index (χ1) is 10.6. The van der Waals surface area contributed by atoms with Crippen LogP contribution in [0.4, 0.5) is 10.5 Å². The van der Waals surface area contributed by atoms with Gasteiger partial charge in [-0.05, 0) is 52.0 Å². The van der Waals surface area contributed by atoms with Crippen LogP contribution in [0.25, 0.3) is 0 Å². The molecule has 1 atom stereocenters. The van der Waals surface area contributed by atoms with E-state index in [0.29, 0.717) is 11.3 Å². The quantitative estimate of drug-likeness (QED) is 0.676. The topological polar surface area (TPSA) is 99.3 Å². The Morgan fingerprint density at radius 1 is 1.04 bits per heavy atom. The van der Waals surface area contributed by atoms with Gasteiger partial charge in [0.2, 0.25) is 5.91 Å². The first-order valence-corrected chi connectivity index (χ1v) is 7.34. The number of anilines is 1. The molecule has 0 spiro atoms. The summed E-state index contributed by atoms with van der Waals surface area (Å²) in [7, 11) is 1.55. The minimum Gasteiger partial charge on any atom is -0.355 e. The highest BCUT2D eigenvalue weighted by Gasteiger charge is 2.20. The largest absolute Gasteiger partial charge is 0.355 e. The third-order valence-electron chi connectivity index (χ3n) is 2.87. The summed E-state index contributed by atoms with van der Waals surface area (Å²) in [6, 6.07) is 5.27. The van der Waals surface area contributed by atoms with E-state index in [1.807, 2.05) is 20.8 Å². The summed E-state index contributed by atoms with van der Waals surface area (Å²) in [5, 5.41) is 10.5. The number of carbonyl (C=O) groups is 3. The number of carbonyl (C=O) groups excluding carboxylic acids is 3. The lowest BCUT2D eigenvalue weighted by molar-refractivity contribution is -0.123. The minimum absolute atomic E-state index is 0.200. The summed E-state index contributed by atoms with van der Waals surface area (Å²) in [4.78, 5) is 35.2. The van der Waals surface area contributed by atoms with Crippen LogP contribution in [0, 0.1) is 0 Å². The van der Waals surface area contributed by atoms with Crippen LogP contribution in [0.2, 0.25) is 0 Å². The van der Waals surface area contributed by atoms with Gasteiger partial charge in [-0.25, -0.2) is 4.79 Å². The Balaban J connectivity index is 2.56. The standard InChI is InChI=1S/C16H24N4O3/c1-10(13(21)20-16(2,3)4)18-15(23)19-12-8-6-11(7-9-12)14(22)17-5/h6-10H,1-5H3,(H,17,22)(H,20,21)(H2,18,19,23)/t10-/m0/s1. The van der Waals surface area contributed by atoms with Crippen molar-refractivity contribution in [1.29, 1.82) is 0 Å². The molecular formula is C16H24N4O3. The van der Waals surface area contributed by atoms with E-state index in [9.17, 15) is 14.4 Å². The molecule has 7 heteroatoms. The molecule has 0 heterocycles. The third-order valence-corrected chi connectivity index (χ3v) is 2.87.